The van der Waals surface area contributed by atoms with Crippen molar-refractivity contribution in [2.24, 2.45) is 13.0 Å². The molecule has 1 saturated heterocycles. The number of nitrogens with zero attached hydrogens (tertiary/aromatic N) is 3. The zero-order valence-corrected chi connectivity index (χ0v) is 11.8. The molecule has 2 rings (SSSR count). The van der Waals surface area contributed by atoms with E-state index in [4.69, 9.17) is 0 Å². The van der Waals surface area contributed by atoms with Gasteiger partial charge in [0.05, 0.1) is 11.9 Å². The van der Waals surface area contributed by atoms with Gasteiger partial charge >= 0.3 is 0 Å². The fourth-order valence-electron chi connectivity index (χ4n) is 2.34. The van der Waals surface area contributed by atoms with Crippen molar-refractivity contribution in [3.63, 3.8) is 0 Å². The van der Waals surface area contributed by atoms with Crippen LogP contribution in [-0.4, -0.2) is 33.7 Å². The first-order valence-corrected chi connectivity index (χ1v) is 6.52. The summed E-state index contributed by atoms with van der Waals surface area (Å²) in [5.41, 5.74) is 0.670. The summed E-state index contributed by atoms with van der Waals surface area (Å²) in [6.07, 6.45) is 4.01. The van der Waals surface area contributed by atoms with Crippen LogP contribution in [0.5, 0.6) is 0 Å². The van der Waals surface area contributed by atoms with Gasteiger partial charge in [-0.2, -0.15) is 5.10 Å². The molecule has 0 saturated carbocycles. The molecular formula is C13H20N4O2. The van der Waals surface area contributed by atoms with Crippen molar-refractivity contribution in [1.82, 2.24) is 15.1 Å². The molecule has 1 aromatic heterocycles. The highest BCUT2D eigenvalue weighted by molar-refractivity contribution is 6.08. The monoisotopic (exact) mass is 264 g/mol. The molecule has 2 heterocycles. The quantitative estimate of drug-likeness (QED) is 0.873. The third-order valence-electron chi connectivity index (χ3n) is 3.30. The maximum absolute atomic E-state index is 12.5. The van der Waals surface area contributed by atoms with Crippen LogP contribution in [0, 0.1) is 5.92 Å². The Morgan fingerprint density at radius 3 is 2.63 bits per heavy atom. The van der Waals surface area contributed by atoms with E-state index in [9.17, 15) is 9.59 Å². The van der Waals surface area contributed by atoms with E-state index in [1.54, 1.807) is 35.9 Å². The van der Waals surface area contributed by atoms with E-state index >= 15 is 0 Å². The minimum atomic E-state index is -0.500. The molecule has 6 heteroatoms. The van der Waals surface area contributed by atoms with Crippen molar-refractivity contribution < 1.29 is 9.59 Å². The molecule has 2 amide bonds. The minimum Gasteiger partial charge on any atom is -0.342 e. The van der Waals surface area contributed by atoms with Crippen LogP contribution in [-0.2, 0) is 16.6 Å². The molecule has 1 aromatic rings. The van der Waals surface area contributed by atoms with E-state index in [1.807, 2.05) is 13.8 Å². The van der Waals surface area contributed by atoms with E-state index in [1.165, 1.54) is 0 Å². The molecule has 104 valence electrons. The summed E-state index contributed by atoms with van der Waals surface area (Å²) in [6, 6.07) is -0.941. The number of hydrogen-bond donors (Lipinski definition) is 1. The van der Waals surface area contributed by atoms with Crippen LogP contribution in [0.2, 0.25) is 0 Å². The average Bonchev–Trinajstić information content (AvgIpc) is 2.72. The topological polar surface area (TPSA) is 67.2 Å². The number of hydrogen-bond acceptors (Lipinski definition) is 3. The van der Waals surface area contributed by atoms with Gasteiger partial charge in [-0.15, -0.1) is 0 Å². The van der Waals surface area contributed by atoms with Gasteiger partial charge in [-0.1, -0.05) is 13.8 Å². The first kappa shape index (κ1) is 13.6. The van der Waals surface area contributed by atoms with Crippen LogP contribution in [0.25, 0.3) is 0 Å². The molecule has 0 spiro atoms. The minimum absolute atomic E-state index is 0.0613. The summed E-state index contributed by atoms with van der Waals surface area (Å²) in [7, 11) is 1.79. The van der Waals surface area contributed by atoms with Gasteiger partial charge in [0, 0.05) is 13.2 Å². The van der Waals surface area contributed by atoms with Gasteiger partial charge in [-0.05, 0) is 19.3 Å². The predicted molar refractivity (Wildman–Crippen MR) is 71.5 cm³/mol. The van der Waals surface area contributed by atoms with Crippen LogP contribution < -0.4 is 10.2 Å². The second kappa shape index (κ2) is 5.03. The lowest BCUT2D eigenvalue weighted by molar-refractivity contribution is -0.133. The van der Waals surface area contributed by atoms with Crippen molar-refractivity contribution in [1.29, 1.82) is 0 Å². The normalized spacial score (nSPS) is 23.9. The van der Waals surface area contributed by atoms with Gasteiger partial charge in [0.15, 0.2) is 0 Å². The van der Waals surface area contributed by atoms with E-state index < -0.39 is 12.1 Å². The van der Waals surface area contributed by atoms with Crippen LogP contribution in [0.15, 0.2) is 12.4 Å². The number of carbonyl (C=O) groups is 2. The Morgan fingerprint density at radius 1 is 1.42 bits per heavy atom. The molecule has 1 aliphatic heterocycles. The largest absolute Gasteiger partial charge is 0.342 e. The third kappa shape index (κ3) is 2.62. The molecule has 2 unspecified atom stereocenters. The summed E-state index contributed by atoms with van der Waals surface area (Å²) < 4.78 is 1.62. The highest BCUT2D eigenvalue weighted by atomic mass is 16.2. The number of aromatic nitrogens is 2. The Balaban J connectivity index is 2.29. The summed E-state index contributed by atoms with van der Waals surface area (Å²) in [6.45, 7) is 5.80. The van der Waals surface area contributed by atoms with Crippen LogP contribution in [0.3, 0.4) is 0 Å². The standard InChI is InChI=1S/C13H20N4O2/c1-8(2)5-11-13(19)17(9(3)12(18)15-11)10-6-14-16(4)7-10/h6-9,11H,5H2,1-4H3,(H,15,18). The molecule has 0 aliphatic carbocycles. The summed E-state index contributed by atoms with van der Waals surface area (Å²) in [5.74, 6) is 0.168. The van der Waals surface area contributed by atoms with Gasteiger partial charge in [-0.3, -0.25) is 19.2 Å². The van der Waals surface area contributed by atoms with Crippen LogP contribution in [0.4, 0.5) is 5.69 Å². The fraction of sp³-hybridized carbons (Fsp3) is 0.615. The summed E-state index contributed by atoms with van der Waals surface area (Å²) in [5, 5.41) is 6.86. The Morgan fingerprint density at radius 2 is 2.11 bits per heavy atom. The number of amides is 2. The van der Waals surface area contributed by atoms with Gasteiger partial charge in [-0.25, -0.2) is 0 Å². The molecule has 1 N–H and O–H groups in total. The third-order valence-corrected chi connectivity index (χ3v) is 3.30. The number of piperazine rings is 1. The van der Waals surface area contributed by atoms with Gasteiger partial charge in [0.25, 0.3) is 0 Å². The SMILES string of the molecule is CC(C)CC1NC(=O)C(C)N(c2cnn(C)c2)C1=O. The van der Waals surface area contributed by atoms with E-state index in [-0.39, 0.29) is 11.8 Å². The van der Waals surface area contributed by atoms with Crippen molar-refractivity contribution in [3.05, 3.63) is 12.4 Å². The molecule has 6 nitrogen and oxygen atoms in total. The maximum atomic E-state index is 12.5. The lowest BCUT2D eigenvalue weighted by Crippen LogP contribution is -2.62. The maximum Gasteiger partial charge on any atom is 0.250 e. The highest BCUT2D eigenvalue weighted by Gasteiger charge is 2.39. The molecular weight excluding hydrogens is 244 g/mol. The highest BCUT2D eigenvalue weighted by Crippen LogP contribution is 2.22. The van der Waals surface area contributed by atoms with Crippen molar-refractivity contribution in [2.75, 3.05) is 4.90 Å². The summed E-state index contributed by atoms with van der Waals surface area (Å²) in [4.78, 5) is 26.0. The second-order valence-electron chi connectivity index (χ2n) is 5.45. The van der Waals surface area contributed by atoms with E-state index in [0.717, 1.165) is 0 Å². The van der Waals surface area contributed by atoms with Crippen LogP contribution in [0.1, 0.15) is 27.2 Å². The Labute approximate surface area is 112 Å². The number of anilines is 1. The Bertz CT molecular complexity index is 495. The molecule has 1 fully saturated rings. The zero-order chi connectivity index (χ0) is 14.2. The number of aryl methyl sites for hydroxylation is 1. The van der Waals surface area contributed by atoms with Gasteiger partial charge in [0.1, 0.15) is 12.1 Å². The molecule has 0 bridgehead atoms. The van der Waals surface area contributed by atoms with Crippen LogP contribution >= 0.6 is 0 Å². The van der Waals surface area contributed by atoms with Crippen molar-refractivity contribution in [3.8, 4) is 0 Å². The van der Waals surface area contributed by atoms with E-state index in [0.29, 0.717) is 18.0 Å². The molecule has 1 aliphatic rings. The fourth-order valence-corrected chi connectivity index (χ4v) is 2.34. The van der Waals surface area contributed by atoms with Gasteiger partial charge in [0.2, 0.25) is 11.8 Å². The Kier molecular flexibility index (Phi) is 3.59. The first-order chi connectivity index (χ1) is 8.90. The van der Waals surface area contributed by atoms with Crippen molar-refractivity contribution >= 4 is 17.5 Å². The van der Waals surface area contributed by atoms with Crippen molar-refractivity contribution in [2.45, 2.75) is 39.3 Å². The van der Waals surface area contributed by atoms with Gasteiger partial charge < -0.3 is 5.32 Å². The number of carbonyl (C=O) groups excluding carboxylic acids is 2. The number of rotatable bonds is 3. The number of nitrogens with one attached hydrogen (secondary N) is 1. The average molecular weight is 264 g/mol. The molecule has 19 heavy (non-hydrogen) atoms. The lowest BCUT2D eigenvalue weighted by atomic mass is 9.99. The zero-order valence-electron chi connectivity index (χ0n) is 11.8. The molecule has 2 atom stereocenters. The smallest absolute Gasteiger partial charge is 0.250 e. The molecule has 0 radical (unpaired) electrons. The Hall–Kier alpha value is -1.85. The lowest BCUT2D eigenvalue weighted by Gasteiger charge is -2.37. The molecule has 0 aromatic carbocycles. The second-order valence-corrected chi connectivity index (χ2v) is 5.45. The summed E-state index contributed by atoms with van der Waals surface area (Å²) >= 11 is 0. The first-order valence-electron chi connectivity index (χ1n) is 6.52. The van der Waals surface area contributed by atoms with E-state index in [2.05, 4.69) is 10.4 Å². The predicted octanol–water partition coefficient (Wildman–Crippen LogP) is 0.686.